The predicted molar refractivity (Wildman–Crippen MR) is 104 cm³/mol. The molecule has 138 valence electrons. The van der Waals surface area contributed by atoms with E-state index in [4.69, 9.17) is 0 Å². The van der Waals surface area contributed by atoms with Crippen molar-refractivity contribution in [2.45, 2.75) is 25.9 Å². The monoisotopic (exact) mass is 382 g/mol. The van der Waals surface area contributed by atoms with Gasteiger partial charge in [0.25, 0.3) is 11.5 Å². The van der Waals surface area contributed by atoms with E-state index < -0.39 is 0 Å². The minimum absolute atomic E-state index is 0.142. The first kappa shape index (κ1) is 18.7. The Hall–Kier alpha value is -3.07. The highest BCUT2D eigenvalue weighted by atomic mass is 32.2. The molecule has 2 N–H and O–H groups in total. The van der Waals surface area contributed by atoms with E-state index >= 15 is 0 Å². The molecule has 0 aliphatic heterocycles. The number of amides is 1. The molecule has 27 heavy (non-hydrogen) atoms. The van der Waals surface area contributed by atoms with E-state index in [1.807, 2.05) is 6.92 Å². The lowest BCUT2D eigenvalue weighted by Gasteiger charge is -2.11. The Labute approximate surface area is 159 Å². The third kappa shape index (κ3) is 4.20. The van der Waals surface area contributed by atoms with Crippen LogP contribution in [0.25, 0.3) is 11.3 Å². The van der Waals surface area contributed by atoms with Crippen LogP contribution in [0.5, 0.6) is 0 Å². The number of aromatic nitrogens is 5. The molecule has 0 spiro atoms. The molecule has 1 amide bonds. The molecule has 2 heterocycles. The molecule has 2 aromatic heterocycles. The van der Waals surface area contributed by atoms with Gasteiger partial charge in [0.05, 0.1) is 16.9 Å². The van der Waals surface area contributed by atoms with Gasteiger partial charge in [-0.15, -0.1) is 10.2 Å². The summed E-state index contributed by atoms with van der Waals surface area (Å²) in [6.07, 6.45) is 1.49. The molecule has 9 heteroatoms. The summed E-state index contributed by atoms with van der Waals surface area (Å²) in [6, 6.07) is 6.94. The Morgan fingerprint density at radius 3 is 2.70 bits per heavy atom. The fourth-order valence-corrected chi connectivity index (χ4v) is 3.03. The van der Waals surface area contributed by atoms with Crippen molar-refractivity contribution in [3.05, 3.63) is 57.9 Å². The second kappa shape index (κ2) is 8.09. The lowest BCUT2D eigenvalue weighted by Crippen LogP contribution is -2.18. The van der Waals surface area contributed by atoms with E-state index in [9.17, 15) is 9.59 Å². The van der Waals surface area contributed by atoms with Crippen LogP contribution in [0.3, 0.4) is 0 Å². The van der Waals surface area contributed by atoms with Crippen molar-refractivity contribution in [2.75, 3.05) is 11.1 Å². The zero-order valence-corrected chi connectivity index (χ0v) is 15.9. The Bertz CT molecular complexity index is 1050. The molecule has 0 fully saturated rings. The molecule has 3 rings (SSSR count). The van der Waals surface area contributed by atoms with Gasteiger partial charge < -0.3 is 5.32 Å². The number of rotatable bonds is 5. The number of carbonyl (C=O) groups excluding carboxylic acids is 1. The SMILES string of the molecule is CCSc1nnc(-c2ccccc2NC(=O)c2cnc(C)nc2C)c(=O)[nH]1. The van der Waals surface area contributed by atoms with Gasteiger partial charge in [0.1, 0.15) is 5.82 Å². The van der Waals surface area contributed by atoms with Crippen LogP contribution >= 0.6 is 11.8 Å². The maximum atomic E-state index is 12.6. The van der Waals surface area contributed by atoms with Gasteiger partial charge in [-0.2, -0.15) is 0 Å². The highest BCUT2D eigenvalue weighted by molar-refractivity contribution is 7.99. The minimum Gasteiger partial charge on any atom is -0.321 e. The average molecular weight is 382 g/mol. The Morgan fingerprint density at radius 2 is 2.00 bits per heavy atom. The number of hydrogen-bond donors (Lipinski definition) is 2. The summed E-state index contributed by atoms with van der Waals surface area (Å²) in [5.74, 6) is 1.01. The molecule has 0 atom stereocenters. The third-order valence-corrected chi connectivity index (χ3v) is 4.48. The maximum Gasteiger partial charge on any atom is 0.278 e. The molecule has 0 saturated carbocycles. The van der Waals surface area contributed by atoms with Gasteiger partial charge in [-0.3, -0.25) is 14.6 Å². The van der Waals surface area contributed by atoms with E-state index in [0.717, 1.165) is 5.75 Å². The maximum absolute atomic E-state index is 12.6. The van der Waals surface area contributed by atoms with Crippen molar-refractivity contribution >= 4 is 23.4 Å². The van der Waals surface area contributed by atoms with E-state index in [-0.39, 0.29) is 17.2 Å². The van der Waals surface area contributed by atoms with Crippen LogP contribution in [-0.4, -0.2) is 36.8 Å². The standard InChI is InChI=1S/C18H18N6O2S/c1-4-27-18-22-17(26)15(23-24-18)12-7-5-6-8-14(12)21-16(25)13-9-19-11(3)20-10(13)2/h5-9H,4H2,1-3H3,(H,21,25)(H,22,24,26). The van der Waals surface area contributed by atoms with Crippen molar-refractivity contribution in [3.63, 3.8) is 0 Å². The van der Waals surface area contributed by atoms with Crippen LogP contribution in [0.1, 0.15) is 28.8 Å². The first-order chi connectivity index (χ1) is 13.0. The van der Waals surface area contributed by atoms with Gasteiger partial charge in [-0.1, -0.05) is 36.9 Å². The smallest absolute Gasteiger partial charge is 0.278 e. The molecule has 0 aliphatic carbocycles. The first-order valence-corrected chi connectivity index (χ1v) is 9.29. The van der Waals surface area contributed by atoms with Gasteiger partial charge in [0.2, 0.25) is 0 Å². The number of nitrogens with zero attached hydrogens (tertiary/aromatic N) is 4. The van der Waals surface area contributed by atoms with Crippen molar-refractivity contribution in [1.82, 2.24) is 25.1 Å². The van der Waals surface area contributed by atoms with E-state index in [1.54, 1.807) is 38.1 Å². The number of aryl methyl sites for hydroxylation is 2. The zero-order chi connectivity index (χ0) is 19.4. The lowest BCUT2D eigenvalue weighted by molar-refractivity contribution is 0.102. The van der Waals surface area contributed by atoms with Crippen molar-refractivity contribution in [2.24, 2.45) is 0 Å². The number of anilines is 1. The Kier molecular flexibility index (Phi) is 5.60. The lowest BCUT2D eigenvalue weighted by atomic mass is 10.1. The van der Waals surface area contributed by atoms with Gasteiger partial charge in [-0.05, 0) is 25.7 Å². The van der Waals surface area contributed by atoms with Gasteiger partial charge >= 0.3 is 0 Å². The topological polar surface area (TPSA) is 114 Å². The predicted octanol–water partition coefficient (Wildman–Crippen LogP) is 2.60. The van der Waals surface area contributed by atoms with Crippen molar-refractivity contribution in [3.8, 4) is 11.3 Å². The number of nitrogens with one attached hydrogen (secondary N) is 2. The fourth-order valence-electron chi connectivity index (χ4n) is 2.49. The first-order valence-electron chi connectivity index (χ1n) is 8.30. The van der Waals surface area contributed by atoms with Crippen LogP contribution in [-0.2, 0) is 0 Å². The number of carbonyl (C=O) groups is 1. The van der Waals surface area contributed by atoms with Gasteiger partial charge in [0.15, 0.2) is 10.9 Å². The Balaban J connectivity index is 1.95. The van der Waals surface area contributed by atoms with E-state index in [0.29, 0.717) is 33.5 Å². The second-order valence-corrected chi connectivity index (χ2v) is 6.91. The molecule has 0 unspecified atom stereocenters. The van der Waals surface area contributed by atoms with E-state index in [1.165, 1.54) is 18.0 Å². The average Bonchev–Trinajstić information content (AvgIpc) is 2.63. The summed E-state index contributed by atoms with van der Waals surface area (Å²) in [7, 11) is 0. The molecule has 1 aromatic carbocycles. The normalized spacial score (nSPS) is 10.6. The summed E-state index contributed by atoms with van der Waals surface area (Å²) in [4.78, 5) is 36.0. The van der Waals surface area contributed by atoms with Gasteiger partial charge in [-0.25, -0.2) is 9.97 Å². The third-order valence-electron chi connectivity index (χ3n) is 3.73. The highest BCUT2D eigenvalue weighted by Crippen LogP contribution is 2.24. The second-order valence-electron chi connectivity index (χ2n) is 5.66. The Morgan fingerprint density at radius 1 is 1.22 bits per heavy atom. The summed E-state index contributed by atoms with van der Waals surface area (Å²) in [6.45, 7) is 5.46. The number of para-hydroxylation sites is 1. The van der Waals surface area contributed by atoms with Crippen molar-refractivity contribution in [1.29, 1.82) is 0 Å². The van der Waals surface area contributed by atoms with E-state index in [2.05, 4.69) is 30.5 Å². The molecular weight excluding hydrogens is 364 g/mol. The van der Waals surface area contributed by atoms with Gasteiger partial charge in [0, 0.05) is 11.8 Å². The number of benzene rings is 1. The van der Waals surface area contributed by atoms with Crippen LogP contribution in [0.15, 0.2) is 40.4 Å². The highest BCUT2D eigenvalue weighted by Gasteiger charge is 2.16. The van der Waals surface area contributed by atoms with Crippen LogP contribution < -0.4 is 10.9 Å². The molecule has 0 saturated heterocycles. The quantitative estimate of drug-likeness (QED) is 0.652. The summed E-state index contributed by atoms with van der Waals surface area (Å²) in [5.41, 5.74) is 1.67. The molecule has 0 aliphatic rings. The number of H-pyrrole nitrogens is 1. The number of thioether (sulfide) groups is 1. The largest absolute Gasteiger partial charge is 0.321 e. The molecular formula is C18H18N6O2S. The molecule has 3 aromatic rings. The summed E-state index contributed by atoms with van der Waals surface area (Å²) < 4.78 is 0. The van der Waals surface area contributed by atoms with Crippen LogP contribution in [0.2, 0.25) is 0 Å². The van der Waals surface area contributed by atoms with Crippen LogP contribution in [0.4, 0.5) is 5.69 Å². The van der Waals surface area contributed by atoms with Crippen molar-refractivity contribution < 1.29 is 4.79 Å². The molecule has 0 bridgehead atoms. The molecule has 8 nitrogen and oxygen atoms in total. The fraction of sp³-hybridized carbons (Fsp3) is 0.222. The minimum atomic E-state index is -0.363. The zero-order valence-electron chi connectivity index (χ0n) is 15.1. The molecule has 0 radical (unpaired) electrons. The van der Waals surface area contributed by atoms with Crippen LogP contribution in [0, 0.1) is 13.8 Å². The number of aromatic amines is 1. The summed E-state index contributed by atoms with van der Waals surface area (Å²) in [5, 5.41) is 11.3. The number of hydrogen-bond acceptors (Lipinski definition) is 7. The summed E-state index contributed by atoms with van der Waals surface area (Å²) >= 11 is 1.40.